The number of aldehydes is 1. The smallest absolute Gasteiger partial charge is 0.155 e. The molecule has 0 aliphatic heterocycles. The van der Waals surface area contributed by atoms with Gasteiger partial charge >= 0.3 is 0 Å². The van der Waals surface area contributed by atoms with Crippen LogP contribution in [0.15, 0.2) is 18.2 Å². The predicted octanol–water partition coefficient (Wildman–Crippen LogP) is 2.17. The Hall–Kier alpha value is -1.55. The van der Waals surface area contributed by atoms with Crippen molar-refractivity contribution in [3.63, 3.8) is 0 Å². The molecule has 80 valence electrons. The highest BCUT2D eigenvalue weighted by molar-refractivity contribution is 5.77. The largest absolute Gasteiger partial charge is 0.396 e. The molecule has 0 saturated carbocycles. The summed E-state index contributed by atoms with van der Waals surface area (Å²) in [6.07, 6.45) is 3.48. The average Bonchev–Trinajstić information content (AvgIpc) is 2.22. The van der Waals surface area contributed by atoms with Gasteiger partial charge in [-0.1, -0.05) is 12.2 Å². The van der Waals surface area contributed by atoms with E-state index in [0.29, 0.717) is 6.42 Å². The minimum absolute atomic E-state index is 0.0418. The number of hydrogen-bond donors (Lipinski definition) is 1. The molecule has 0 heterocycles. The van der Waals surface area contributed by atoms with E-state index in [9.17, 15) is 13.6 Å². The van der Waals surface area contributed by atoms with Crippen molar-refractivity contribution >= 4 is 12.4 Å². The van der Waals surface area contributed by atoms with E-state index >= 15 is 0 Å². The molecule has 0 bridgehead atoms. The van der Waals surface area contributed by atoms with Crippen molar-refractivity contribution in [2.45, 2.75) is 6.42 Å². The van der Waals surface area contributed by atoms with E-state index in [1.165, 1.54) is 12.1 Å². The van der Waals surface area contributed by atoms with Gasteiger partial charge in [0.05, 0.1) is 5.56 Å². The minimum atomic E-state index is -0.876. The SMILES string of the molecule is O=Cc1c(F)ccc(C=CCCO)c1F. The van der Waals surface area contributed by atoms with Crippen LogP contribution in [-0.2, 0) is 0 Å². The fraction of sp³-hybridized carbons (Fsp3) is 0.182. The zero-order chi connectivity index (χ0) is 11.3. The Morgan fingerprint density at radius 2 is 2.07 bits per heavy atom. The van der Waals surface area contributed by atoms with Crippen LogP contribution in [0.3, 0.4) is 0 Å². The van der Waals surface area contributed by atoms with Crippen LogP contribution in [0, 0.1) is 11.6 Å². The molecule has 0 spiro atoms. The number of rotatable bonds is 4. The molecule has 1 aromatic rings. The van der Waals surface area contributed by atoms with Crippen LogP contribution < -0.4 is 0 Å². The third kappa shape index (κ3) is 2.70. The molecular weight excluding hydrogens is 202 g/mol. The van der Waals surface area contributed by atoms with Crippen molar-refractivity contribution < 1.29 is 18.7 Å². The highest BCUT2D eigenvalue weighted by atomic mass is 19.1. The number of carbonyl (C=O) groups excluding carboxylic acids is 1. The summed E-state index contributed by atoms with van der Waals surface area (Å²) in [7, 11) is 0. The van der Waals surface area contributed by atoms with Crippen molar-refractivity contribution in [1.82, 2.24) is 0 Å². The summed E-state index contributed by atoms with van der Waals surface area (Å²) in [6.45, 7) is -0.0418. The Morgan fingerprint density at radius 1 is 1.33 bits per heavy atom. The maximum Gasteiger partial charge on any atom is 0.155 e. The third-order valence-electron chi connectivity index (χ3n) is 1.87. The van der Waals surface area contributed by atoms with Gasteiger partial charge in [0.2, 0.25) is 0 Å². The molecule has 0 atom stereocenters. The van der Waals surface area contributed by atoms with E-state index < -0.39 is 17.2 Å². The zero-order valence-corrected chi connectivity index (χ0v) is 7.91. The van der Waals surface area contributed by atoms with Crippen LogP contribution in [0.2, 0.25) is 0 Å². The molecule has 0 amide bonds. The summed E-state index contributed by atoms with van der Waals surface area (Å²) in [4.78, 5) is 10.4. The maximum atomic E-state index is 13.4. The van der Waals surface area contributed by atoms with Crippen LogP contribution in [0.25, 0.3) is 6.08 Å². The first-order chi connectivity index (χ1) is 7.20. The van der Waals surface area contributed by atoms with Crippen LogP contribution >= 0.6 is 0 Å². The number of hydrogen-bond acceptors (Lipinski definition) is 2. The lowest BCUT2D eigenvalue weighted by Crippen LogP contribution is -1.96. The number of aliphatic hydroxyl groups excluding tert-OH is 1. The van der Waals surface area contributed by atoms with Crippen molar-refractivity contribution in [2.75, 3.05) is 6.61 Å². The molecule has 0 aliphatic rings. The Morgan fingerprint density at radius 3 is 2.67 bits per heavy atom. The summed E-state index contributed by atoms with van der Waals surface area (Å²) in [5, 5.41) is 8.50. The van der Waals surface area contributed by atoms with Gasteiger partial charge in [0, 0.05) is 12.2 Å². The van der Waals surface area contributed by atoms with Gasteiger partial charge in [0.1, 0.15) is 11.6 Å². The zero-order valence-electron chi connectivity index (χ0n) is 7.91. The van der Waals surface area contributed by atoms with Gasteiger partial charge in [-0.05, 0) is 18.6 Å². The number of benzene rings is 1. The van der Waals surface area contributed by atoms with Gasteiger partial charge in [0.15, 0.2) is 6.29 Å². The first-order valence-corrected chi connectivity index (χ1v) is 4.41. The lowest BCUT2D eigenvalue weighted by Gasteiger charge is -2.00. The highest BCUT2D eigenvalue weighted by Crippen LogP contribution is 2.16. The topological polar surface area (TPSA) is 37.3 Å². The number of aliphatic hydroxyl groups is 1. The van der Waals surface area contributed by atoms with Gasteiger partial charge in [-0.3, -0.25) is 4.79 Å². The summed E-state index contributed by atoms with van der Waals surface area (Å²) >= 11 is 0. The molecule has 0 radical (unpaired) electrons. The fourth-order valence-electron chi connectivity index (χ4n) is 1.11. The van der Waals surface area contributed by atoms with Crippen LogP contribution in [0.5, 0.6) is 0 Å². The van der Waals surface area contributed by atoms with E-state index in [1.807, 2.05) is 0 Å². The molecule has 0 aromatic heterocycles. The molecule has 1 N–H and O–H groups in total. The second-order valence-electron chi connectivity index (χ2n) is 2.90. The van der Waals surface area contributed by atoms with E-state index in [2.05, 4.69) is 0 Å². The molecule has 1 rings (SSSR count). The Bertz CT molecular complexity index is 386. The van der Waals surface area contributed by atoms with Crippen LogP contribution in [-0.4, -0.2) is 18.0 Å². The Balaban J connectivity index is 3.05. The first kappa shape index (κ1) is 11.5. The number of halogens is 2. The number of carbonyl (C=O) groups is 1. The van der Waals surface area contributed by atoms with E-state index in [0.717, 1.165) is 6.07 Å². The van der Waals surface area contributed by atoms with E-state index in [1.54, 1.807) is 6.08 Å². The summed E-state index contributed by atoms with van der Waals surface area (Å²) in [5.41, 5.74) is -0.437. The minimum Gasteiger partial charge on any atom is -0.396 e. The van der Waals surface area contributed by atoms with Gasteiger partial charge in [-0.25, -0.2) is 8.78 Å². The average molecular weight is 212 g/mol. The first-order valence-electron chi connectivity index (χ1n) is 4.41. The second-order valence-corrected chi connectivity index (χ2v) is 2.90. The molecule has 2 nitrogen and oxygen atoms in total. The Kier molecular flexibility index (Phi) is 4.12. The van der Waals surface area contributed by atoms with Crippen LogP contribution in [0.1, 0.15) is 22.3 Å². The fourth-order valence-corrected chi connectivity index (χ4v) is 1.11. The van der Waals surface area contributed by atoms with Gasteiger partial charge < -0.3 is 5.11 Å². The summed E-state index contributed by atoms with van der Waals surface area (Å²) in [6, 6.07) is 2.27. The molecule has 0 fully saturated rings. The maximum absolute atomic E-state index is 13.4. The lowest BCUT2D eigenvalue weighted by molar-refractivity contribution is 0.111. The van der Waals surface area contributed by atoms with Crippen molar-refractivity contribution in [3.8, 4) is 0 Å². The van der Waals surface area contributed by atoms with Gasteiger partial charge in [-0.2, -0.15) is 0 Å². The Labute approximate surface area is 85.9 Å². The monoisotopic (exact) mass is 212 g/mol. The molecule has 4 heteroatoms. The molecule has 0 aliphatic carbocycles. The predicted molar refractivity (Wildman–Crippen MR) is 52.5 cm³/mol. The second kappa shape index (κ2) is 5.36. The van der Waals surface area contributed by atoms with Crippen LogP contribution in [0.4, 0.5) is 8.78 Å². The van der Waals surface area contributed by atoms with Gasteiger partial charge in [0.25, 0.3) is 0 Å². The van der Waals surface area contributed by atoms with Crippen molar-refractivity contribution in [3.05, 3.63) is 41.0 Å². The van der Waals surface area contributed by atoms with E-state index in [4.69, 9.17) is 5.11 Å². The summed E-state index contributed by atoms with van der Waals surface area (Å²) < 4.78 is 26.3. The lowest BCUT2D eigenvalue weighted by atomic mass is 10.1. The quantitative estimate of drug-likeness (QED) is 0.776. The van der Waals surface area contributed by atoms with Gasteiger partial charge in [-0.15, -0.1) is 0 Å². The highest BCUT2D eigenvalue weighted by Gasteiger charge is 2.10. The molecule has 0 saturated heterocycles. The normalized spacial score (nSPS) is 10.9. The molecule has 1 aromatic carbocycles. The van der Waals surface area contributed by atoms with Crippen molar-refractivity contribution in [1.29, 1.82) is 0 Å². The molecular formula is C11H10F2O2. The molecule has 0 unspecified atom stereocenters. The molecule has 15 heavy (non-hydrogen) atoms. The third-order valence-corrected chi connectivity index (χ3v) is 1.87. The standard InChI is InChI=1S/C11H10F2O2/c12-10-5-4-8(3-1-2-6-14)11(13)9(10)7-15/h1,3-5,7,14H,2,6H2. The summed E-state index contributed by atoms with van der Waals surface area (Å²) in [5.74, 6) is -1.75. The van der Waals surface area contributed by atoms with E-state index in [-0.39, 0.29) is 18.5 Å². The van der Waals surface area contributed by atoms with Crippen molar-refractivity contribution in [2.24, 2.45) is 0 Å².